The number of nitrogens with two attached hydrogens (primary N) is 1. The first-order valence-electron chi connectivity index (χ1n) is 8.62. The summed E-state index contributed by atoms with van der Waals surface area (Å²) in [6.45, 7) is 0.477. The second-order valence-corrected chi connectivity index (χ2v) is 7.58. The number of nitrogens with zero attached hydrogens (tertiary/aromatic N) is 1. The Morgan fingerprint density at radius 3 is 2.57 bits per heavy atom. The van der Waals surface area contributed by atoms with Gasteiger partial charge in [0.05, 0.1) is 0 Å². The van der Waals surface area contributed by atoms with Crippen molar-refractivity contribution in [3.8, 4) is 0 Å². The third-order valence-electron chi connectivity index (χ3n) is 3.94. The molecular formula is C20H19ClN4O2S. The highest BCUT2D eigenvalue weighted by Crippen LogP contribution is 2.33. The number of aromatic amines is 1. The van der Waals surface area contributed by atoms with Crippen molar-refractivity contribution in [1.82, 2.24) is 15.3 Å². The van der Waals surface area contributed by atoms with E-state index in [0.29, 0.717) is 23.1 Å². The molecule has 1 heterocycles. The van der Waals surface area contributed by atoms with E-state index in [1.54, 1.807) is 0 Å². The van der Waals surface area contributed by atoms with Gasteiger partial charge in [-0.05, 0) is 29.7 Å². The highest BCUT2D eigenvalue weighted by atomic mass is 35.5. The third-order valence-corrected chi connectivity index (χ3v) is 5.33. The maximum Gasteiger partial charge on any atom is 0.253 e. The van der Waals surface area contributed by atoms with E-state index >= 15 is 0 Å². The van der Waals surface area contributed by atoms with Crippen molar-refractivity contribution in [3.05, 3.63) is 87.2 Å². The van der Waals surface area contributed by atoms with Crippen LogP contribution < -0.4 is 16.6 Å². The highest BCUT2D eigenvalue weighted by Gasteiger charge is 2.23. The molecule has 28 heavy (non-hydrogen) atoms. The van der Waals surface area contributed by atoms with E-state index in [2.05, 4.69) is 15.3 Å². The molecule has 0 aliphatic rings. The average Bonchev–Trinajstić information content (AvgIpc) is 2.67. The van der Waals surface area contributed by atoms with Crippen molar-refractivity contribution >= 4 is 35.1 Å². The lowest BCUT2D eigenvalue weighted by Crippen LogP contribution is -2.30. The van der Waals surface area contributed by atoms with Crippen LogP contribution in [0.1, 0.15) is 16.4 Å². The zero-order valence-electron chi connectivity index (χ0n) is 14.9. The Labute approximate surface area is 171 Å². The number of nitrogen functional groups attached to an aromatic ring is 1. The summed E-state index contributed by atoms with van der Waals surface area (Å²) in [4.78, 5) is 31.2. The minimum Gasteiger partial charge on any atom is -0.383 e. The molecule has 3 aromatic rings. The normalized spacial score (nSPS) is 11.8. The Balaban J connectivity index is 1.71. The second kappa shape index (κ2) is 9.43. The van der Waals surface area contributed by atoms with Crippen LogP contribution in [0.15, 0.2) is 70.6 Å². The number of carbonyl (C=O) groups is 1. The summed E-state index contributed by atoms with van der Waals surface area (Å²) in [7, 11) is 0. The van der Waals surface area contributed by atoms with E-state index < -0.39 is 5.25 Å². The van der Waals surface area contributed by atoms with Gasteiger partial charge >= 0.3 is 0 Å². The molecule has 0 aliphatic carbocycles. The van der Waals surface area contributed by atoms with E-state index in [1.807, 2.05) is 54.6 Å². The van der Waals surface area contributed by atoms with Crippen LogP contribution in [-0.4, -0.2) is 22.4 Å². The molecule has 1 unspecified atom stereocenters. The SMILES string of the molecule is Nc1cc(=O)[nH]c(SC(C(=O)NCCc2ccc(Cl)cc2)c2ccccc2)n1. The molecule has 1 aromatic heterocycles. The molecule has 6 nitrogen and oxygen atoms in total. The zero-order valence-corrected chi connectivity index (χ0v) is 16.5. The topological polar surface area (TPSA) is 101 Å². The molecule has 1 atom stereocenters. The first-order chi connectivity index (χ1) is 13.5. The molecule has 1 amide bonds. The van der Waals surface area contributed by atoms with Crippen LogP contribution in [0.5, 0.6) is 0 Å². The van der Waals surface area contributed by atoms with Crippen LogP contribution in [0, 0.1) is 0 Å². The number of hydrogen-bond donors (Lipinski definition) is 3. The quantitative estimate of drug-likeness (QED) is 0.407. The van der Waals surface area contributed by atoms with Gasteiger partial charge in [-0.1, -0.05) is 65.8 Å². The van der Waals surface area contributed by atoms with E-state index in [0.717, 1.165) is 22.9 Å². The number of amides is 1. The van der Waals surface area contributed by atoms with Crippen LogP contribution >= 0.6 is 23.4 Å². The first kappa shape index (κ1) is 20.0. The molecule has 0 aliphatic heterocycles. The third kappa shape index (κ3) is 5.61. The molecule has 0 bridgehead atoms. The van der Waals surface area contributed by atoms with Crippen LogP contribution in [0.3, 0.4) is 0 Å². The molecule has 0 spiro atoms. The Morgan fingerprint density at radius 2 is 1.89 bits per heavy atom. The number of nitrogens with one attached hydrogen (secondary N) is 2. The maximum atomic E-state index is 12.9. The van der Waals surface area contributed by atoms with E-state index in [4.69, 9.17) is 17.3 Å². The predicted octanol–water partition coefficient (Wildman–Crippen LogP) is 3.20. The summed E-state index contributed by atoms with van der Waals surface area (Å²) in [5, 5.41) is 3.35. The van der Waals surface area contributed by atoms with Crippen LogP contribution in [-0.2, 0) is 11.2 Å². The molecular weight excluding hydrogens is 396 g/mol. The molecule has 0 radical (unpaired) electrons. The molecule has 3 rings (SSSR count). The van der Waals surface area contributed by atoms with E-state index in [1.165, 1.54) is 6.07 Å². The lowest BCUT2D eigenvalue weighted by atomic mass is 10.1. The summed E-state index contributed by atoms with van der Waals surface area (Å²) >= 11 is 7.04. The van der Waals surface area contributed by atoms with Crippen LogP contribution in [0.25, 0.3) is 0 Å². The number of anilines is 1. The molecule has 0 saturated carbocycles. The predicted molar refractivity (Wildman–Crippen MR) is 112 cm³/mol. The number of aromatic nitrogens is 2. The Hall–Kier alpha value is -2.77. The standard InChI is InChI=1S/C20H19ClN4O2S/c21-15-8-6-13(7-9-15)10-11-23-19(27)18(14-4-2-1-3-5-14)28-20-24-16(22)12-17(26)25-20/h1-9,12,18H,10-11H2,(H,23,27)(H3,22,24,25,26). The fourth-order valence-corrected chi connectivity index (χ4v) is 3.75. The highest BCUT2D eigenvalue weighted by molar-refractivity contribution is 8.00. The second-order valence-electron chi connectivity index (χ2n) is 6.05. The van der Waals surface area contributed by atoms with Gasteiger partial charge < -0.3 is 16.0 Å². The lowest BCUT2D eigenvalue weighted by molar-refractivity contribution is -0.120. The van der Waals surface area contributed by atoms with Gasteiger partial charge in [0.15, 0.2) is 5.16 Å². The fraction of sp³-hybridized carbons (Fsp3) is 0.150. The molecule has 2 aromatic carbocycles. The van der Waals surface area contributed by atoms with Crippen molar-refractivity contribution in [1.29, 1.82) is 0 Å². The van der Waals surface area contributed by atoms with Crippen LogP contribution in [0.4, 0.5) is 5.82 Å². The summed E-state index contributed by atoms with van der Waals surface area (Å²) in [5.41, 5.74) is 7.18. The van der Waals surface area contributed by atoms with Gasteiger partial charge in [-0.15, -0.1) is 0 Å². The minimum atomic E-state index is -0.573. The van der Waals surface area contributed by atoms with Gasteiger partial charge in [0.25, 0.3) is 5.56 Å². The van der Waals surface area contributed by atoms with Crippen molar-refractivity contribution in [3.63, 3.8) is 0 Å². The summed E-state index contributed by atoms with van der Waals surface area (Å²) in [6.07, 6.45) is 0.683. The smallest absolute Gasteiger partial charge is 0.253 e. The molecule has 8 heteroatoms. The van der Waals surface area contributed by atoms with Gasteiger partial charge in [0, 0.05) is 17.6 Å². The number of thioether (sulfide) groups is 1. The number of hydrogen-bond acceptors (Lipinski definition) is 5. The molecule has 144 valence electrons. The number of H-pyrrole nitrogens is 1. The van der Waals surface area contributed by atoms with Gasteiger partial charge in [-0.3, -0.25) is 9.59 Å². The van der Waals surface area contributed by atoms with Crippen molar-refractivity contribution in [2.45, 2.75) is 16.8 Å². The van der Waals surface area contributed by atoms with Crippen molar-refractivity contribution in [2.75, 3.05) is 12.3 Å². The summed E-state index contributed by atoms with van der Waals surface area (Å²) in [6, 6.07) is 18.0. The Kier molecular flexibility index (Phi) is 6.73. The summed E-state index contributed by atoms with van der Waals surface area (Å²) in [5.74, 6) is -0.0588. The zero-order chi connectivity index (χ0) is 19.9. The Morgan fingerprint density at radius 1 is 1.18 bits per heavy atom. The largest absolute Gasteiger partial charge is 0.383 e. The van der Waals surface area contributed by atoms with Crippen molar-refractivity contribution < 1.29 is 4.79 Å². The van der Waals surface area contributed by atoms with E-state index in [9.17, 15) is 9.59 Å². The number of halogens is 1. The number of carbonyl (C=O) groups excluding carboxylic acids is 1. The summed E-state index contributed by atoms with van der Waals surface area (Å²) < 4.78 is 0. The average molecular weight is 415 g/mol. The minimum absolute atomic E-state index is 0.112. The maximum absolute atomic E-state index is 12.9. The molecule has 4 N–H and O–H groups in total. The van der Waals surface area contributed by atoms with Crippen molar-refractivity contribution in [2.24, 2.45) is 0 Å². The number of benzene rings is 2. The van der Waals surface area contributed by atoms with Gasteiger partial charge in [0.1, 0.15) is 11.1 Å². The number of rotatable bonds is 7. The monoisotopic (exact) mass is 414 g/mol. The Bertz CT molecular complexity index is 993. The van der Waals surface area contributed by atoms with Crippen LogP contribution in [0.2, 0.25) is 5.02 Å². The molecule has 0 saturated heterocycles. The molecule has 0 fully saturated rings. The first-order valence-corrected chi connectivity index (χ1v) is 9.87. The van der Waals surface area contributed by atoms with Gasteiger partial charge in [-0.2, -0.15) is 0 Å². The fourth-order valence-electron chi connectivity index (χ4n) is 2.60. The van der Waals surface area contributed by atoms with E-state index in [-0.39, 0.29) is 17.3 Å². The van der Waals surface area contributed by atoms with Gasteiger partial charge in [-0.25, -0.2) is 4.98 Å². The lowest BCUT2D eigenvalue weighted by Gasteiger charge is -2.16. The van der Waals surface area contributed by atoms with Gasteiger partial charge in [0.2, 0.25) is 5.91 Å².